The van der Waals surface area contributed by atoms with Gasteiger partial charge in [-0.1, -0.05) is 29.8 Å². The molecule has 0 spiro atoms. The van der Waals surface area contributed by atoms with E-state index in [0.717, 1.165) is 5.56 Å². The van der Waals surface area contributed by atoms with E-state index < -0.39 is 6.10 Å². The third-order valence-electron chi connectivity index (χ3n) is 2.76. The quantitative estimate of drug-likeness (QED) is 0.869. The highest BCUT2D eigenvalue weighted by molar-refractivity contribution is 9.10. The SMILES string of the molecule is CCOC(C(C)C)C(O)Cc1cc(F)cc(Br)c1. The Labute approximate surface area is 116 Å². The van der Waals surface area contributed by atoms with Crippen molar-refractivity contribution in [2.24, 2.45) is 5.92 Å². The van der Waals surface area contributed by atoms with Gasteiger partial charge in [-0.15, -0.1) is 0 Å². The third-order valence-corrected chi connectivity index (χ3v) is 3.22. The van der Waals surface area contributed by atoms with Gasteiger partial charge in [-0.2, -0.15) is 0 Å². The Morgan fingerprint density at radius 1 is 1.33 bits per heavy atom. The van der Waals surface area contributed by atoms with E-state index in [9.17, 15) is 9.50 Å². The minimum Gasteiger partial charge on any atom is -0.390 e. The van der Waals surface area contributed by atoms with Crippen LogP contribution in [0.2, 0.25) is 0 Å². The number of rotatable bonds is 6. The summed E-state index contributed by atoms with van der Waals surface area (Å²) in [5.41, 5.74) is 0.764. The van der Waals surface area contributed by atoms with Crippen molar-refractivity contribution >= 4 is 15.9 Å². The maximum absolute atomic E-state index is 13.2. The highest BCUT2D eigenvalue weighted by Crippen LogP contribution is 2.19. The van der Waals surface area contributed by atoms with Gasteiger partial charge in [0.05, 0.1) is 12.2 Å². The van der Waals surface area contributed by atoms with Gasteiger partial charge >= 0.3 is 0 Å². The molecule has 0 heterocycles. The van der Waals surface area contributed by atoms with Gasteiger partial charge in [-0.05, 0) is 36.6 Å². The third kappa shape index (κ3) is 4.67. The molecule has 0 aliphatic heterocycles. The van der Waals surface area contributed by atoms with Crippen LogP contribution in [0.1, 0.15) is 26.3 Å². The van der Waals surface area contributed by atoms with Gasteiger partial charge in [0.15, 0.2) is 0 Å². The molecule has 2 unspecified atom stereocenters. The Hall–Kier alpha value is -0.450. The summed E-state index contributed by atoms with van der Waals surface area (Å²) in [5, 5.41) is 10.2. The monoisotopic (exact) mass is 318 g/mol. The van der Waals surface area contributed by atoms with Crippen molar-refractivity contribution in [3.05, 3.63) is 34.1 Å². The lowest BCUT2D eigenvalue weighted by atomic mass is 9.96. The van der Waals surface area contributed by atoms with Crippen molar-refractivity contribution in [2.45, 2.75) is 39.4 Å². The summed E-state index contributed by atoms with van der Waals surface area (Å²) >= 11 is 3.25. The number of aliphatic hydroxyl groups excluding tert-OH is 1. The zero-order valence-electron chi connectivity index (χ0n) is 11.0. The van der Waals surface area contributed by atoms with Gasteiger partial charge in [-0.3, -0.25) is 0 Å². The van der Waals surface area contributed by atoms with Crippen molar-refractivity contribution in [3.8, 4) is 0 Å². The van der Waals surface area contributed by atoms with Crippen LogP contribution in [0.4, 0.5) is 4.39 Å². The van der Waals surface area contributed by atoms with Crippen LogP contribution >= 0.6 is 15.9 Å². The van der Waals surface area contributed by atoms with Gasteiger partial charge in [0.25, 0.3) is 0 Å². The summed E-state index contributed by atoms with van der Waals surface area (Å²) < 4.78 is 19.5. The molecule has 2 atom stereocenters. The fourth-order valence-corrected chi connectivity index (χ4v) is 2.54. The summed E-state index contributed by atoms with van der Waals surface area (Å²) in [6.07, 6.45) is -0.463. The maximum atomic E-state index is 13.2. The molecule has 0 fully saturated rings. The molecular weight excluding hydrogens is 299 g/mol. The molecule has 102 valence electrons. The summed E-state index contributed by atoms with van der Waals surface area (Å²) in [6.45, 7) is 6.48. The van der Waals surface area contributed by atoms with Gasteiger partial charge in [0, 0.05) is 17.5 Å². The van der Waals surface area contributed by atoms with E-state index in [1.54, 1.807) is 0 Å². The second-order valence-electron chi connectivity index (χ2n) is 4.71. The molecule has 1 rings (SSSR count). The standard InChI is InChI=1S/C14H20BrFO2/c1-4-18-14(9(2)3)13(17)7-10-5-11(15)8-12(16)6-10/h5-6,8-9,13-14,17H,4,7H2,1-3H3. The number of halogens is 2. The van der Waals surface area contributed by atoms with Crippen molar-refractivity contribution in [1.29, 1.82) is 0 Å². The average molecular weight is 319 g/mol. The number of ether oxygens (including phenoxy) is 1. The van der Waals surface area contributed by atoms with Crippen molar-refractivity contribution in [2.75, 3.05) is 6.61 Å². The first-order valence-corrected chi connectivity index (χ1v) is 6.98. The molecule has 0 saturated heterocycles. The summed E-state index contributed by atoms with van der Waals surface area (Å²) in [4.78, 5) is 0. The number of benzene rings is 1. The molecule has 0 bridgehead atoms. The number of aliphatic hydroxyl groups is 1. The first-order valence-electron chi connectivity index (χ1n) is 6.18. The van der Waals surface area contributed by atoms with E-state index in [4.69, 9.17) is 4.74 Å². The Balaban J connectivity index is 2.75. The zero-order valence-corrected chi connectivity index (χ0v) is 12.6. The van der Waals surface area contributed by atoms with Crippen molar-refractivity contribution < 1.29 is 14.2 Å². The molecule has 2 nitrogen and oxygen atoms in total. The predicted octanol–water partition coefficient (Wildman–Crippen LogP) is 3.55. The van der Waals surface area contributed by atoms with Crippen LogP contribution in [0.3, 0.4) is 0 Å². The number of hydrogen-bond acceptors (Lipinski definition) is 2. The number of hydrogen-bond donors (Lipinski definition) is 1. The molecule has 1 aromatic carbocycles. The molecule has 1 aromatic rings. The zero-order chi connectivity index (χ0) is 13.7. The lowest BCUT2D eigenvalue weighted by molar-refractivity contribution is -0.0562. The molecule has 0 aliphatic carbocycles. The molecule has 0 aromatic heterocycles. The van der Waals surface area contributed by atoms with Gasteiger partial charge in [-0.25, -0.2) is 4.39 Å². The molecule has 0 amide bonds. The molecule has 0 aliphatic rings. The molecule has 18 heavy (non-hydrogen) atoms. The van der Waals surface area contributed by atoms with Crippen molar-refractivity contribution in [3.63, 3.8) is 0 Å². The second kappa shape index (κ2) is 7.22. The lowest BCUT2D eigenvalue weighted by Crippen LogP contribution is -2.35. The van der Waals surface area contributed by atoms with Crippen LogP contribution in [-0.4, -0.2) is 23.9 Å². The summed E-state index contributed by atoms with van der Waals surface area (Å²) in [5.74, 6) is -0.0824. The molecule has 0 saturated carbocycles. The Morgan fingerprint density at radius 3 is 2.50 bits per heavy atom. The van der Waals surface area contributed by atoms with Crippen LogP contribution in [0.25, 0.3) is 0 Å². The molecular formula is C14H20BrFO2. The summed E-state index contributed by atoms with van der Waals surface area (Å²) in [7, 11) is 0. The lowest BCUT2D eigenvalue weighted by Gasteiger charge is -2.26. The fraction of sp³-hybridized carbons (Fsp3) is 0.571. The first-order chi connectivity index (χ1) is 8.43. The van der Waals surface area contributed by atoms with E-state index in [1.165, 1.54) is 12.1 Å². The second-order valence-corrected chi connectivity index (χ2v) is 5.63. The van der Waals surface area contributed by atoms with E-state index in [1.807, 2.05) is 26.8 Å². The van der Waals surface area contributed by atoms with Crippen LogP contribution in [0.5, 0.6) is 0 Å². The van der Waals surface area contributed by atoms with E-state index in [0.29, 0.717) is 17.5 Å². The minimum atomic E-state index is -0.626. The van der Waals surface area contributed by atoms with Gasteiger partial charge in [0.1, 0.15) is 5.82 Å². The van der Waals surface area contributed by atoms with Gasteiger partial charge < -0.3 is 9.84 Å². The largest absolute Gasteiger partial charge is 0.390 e. The van der Waals surface area contributed by atoms with Gasteiger partial charge in [0.2, 0.25) is 0 Å². The van der Waals surface area contributed by atoms with Crippen LogP contribution < -0.4 is 0 Å². The molecule has 4 heteroatoms. The normalized spacial score (nSPS) is 14.8. The molecule has 0 radical (unpaired) electrons. The van der Waals surface area contributed by atoms with Crippen molar-refractivity contribution in [1.82, 2.24) is 0 Å². The summed E-state index contributed by atoms with van der Waals surface area (Å²) in [6, 6.07) is 4.66. The maximum Gasteiger partial charge on any atom is 0.124 e. The highest BCUT2D eigenvalue weighted by Gasteiger charge is 2.23. The topological polar surface area (TPSA) is 29.5 Å². The van der Waals surface area contributed by atoms with E-state index >= 15 is 0 Å². The fourth-order valence-electron chi connectivity index (χ4n) is 2.03. The van der Waals surface area contributed by atoms with Crippen LogP contribution in [0, 0.1) is 11.7 Å². The molecule has 1 N–H and O–H groups in total. The Morgan fingerprint density at radius 2 is 2.00 bits per heavy atom. The van der Waals surface area contributed by atoms with Crippen LogP contribution in [0.15, 0.2) is 22.7 Å². The first kappa shape index (κ1) is 15.6. The predicted molar refractivity (Wildman–Crippen MR) is 74.1 cm³/mol. The van der Waals surface area contributed by atoms with E-state index in [2.05, 4.69) is 15.9 Å². The smallest absolute Gasteiger partial charge is 0.124 e. The highest BCUT2D eigenvalue weighted by atomic mass is 79.9. The Kier molecular flexibility index (Phi) is 6.26. The Bertz CT molecular complexity index is 362. The van der Waals surface area contributed by atoms with Crippen LogP contribution in [-0.2, 0) is 11.2 Å². The van der Waals surface area contributed by atoms with E-state index in [-0.39, 0.29) is 17.8 Å². The minimum absolute atomic E-state index is 0.219. The average Bonchev–Trinajstić information content (AvgIpc) is 2.23.